The number of hydrogen-bond donors (Lipinski definition) is 6. The van der Waals surface area contributed by atoms with E-state index < -0.39 is 35.8 Å². The van der Waals surface area contributed by atoms with Crippen LogP contribution in [0.3, 0.4) is 0 Å². The summed E-state index contributed by atoms with van der Waals surface area (Å²) >= 11 is 7.99. The second-order valence-corrected chi connectivity index (χ2v) is 14.1. The lowest BCUT2D eigenvalue weighted by atomic mass is 10.1. The number of nitrogens with zero attached hydrogens (tertiary/aromatic N) is 1. The second kappa shape index (κ2) is 28.1. The van der Waals surface area contributed by atoms with E-state index in [2.05, 4.69) is 32.3 Å². The number of alkyl halides is 1. The molecule has 0 saturated heterocycles. The molecule has 16 nitrogen and oxygen atoms in total. The Morgan fingerprint density at radius 2 is 1.00 bits per heavy atom. The first-order valence-corrected chi connectivity index (χ1v) is 20.3. The van der Waals surface area contributed by atoms with Crippen LogP contribution in [0.15, 0.2) is 60.7 Å². The van der Waals surface area contributed by atoms with Crippen molar-refractivity contribution in [3.05, 3.63) is 71.8 Å². The van der Waals surface area contributed by atoms with E-state index >= 15 is 0 Å². The van der Waals surface area contributed by atoms with Crippen molar-refractivity contribution in [1.82, 2.24) is 37.2 Å². The lowest BCUT2D eigenvalue weighted by molar-refractivity contribution is -0.144. The SMILES string of the molecule is COC(=O)[C@H](Cc1ccccc1)NNC(=O)CSCC(=O)NCCCN(CCCNC(=O)CSCC(=O)NN[C@@H](Cc1ccccc1)C(=O)OC)C(=O)CCl. The van der Waals surface area contributed by atoms with Crippen LogP contribution in [0.25, 0.3) is 0 Å². The van der Waals surface area contributed by atoms with Crippen LogP contribution in [0.2, 0.25) is 0 Å². The van der Waals surface area contributed by atoms with Gasteiger partial charge in [-0.05, 0) is 24.0 Å². The van der Waals surface area contributed by atoms with E-state index in [1.54, 1.807) is 4.90 Å². The fraction of sp³-hybridized carbons (Fsp3) is 0.472. The minimum Gasteiger partial charge on any atom is -0.468 e. The highest BCUT2D eigenvalue weighted by Crippen LogP contribution is 2.06. The molecule has 0 saturated carbocycles. The Morgan fingerprint density at radius 1 is 0.618 bits per heavy atom. The molecule has 0 aromatic heterocycles. The minimum absolute atomic E-state index is 0.0197. The summed E-state index contributed by atoms with van der Waals surface area (Å²) < 4.78 is 9.63. The maximum absolute atomic E-state index is 12.3. The zero-order valence-electron chi connectivity index (χ0n) is 30.9. The second-order valence-electron chi connectivity index (χ2n) is 11.8. The van der Waals surface area contributed by atoms with Crippen LogP contribution in [-0.4, -0.2) is 128 Å². The highest BCUT2D eigenvalue weighted by molar-refractivity contribution is 8.00. The number of hydrogen-bond acceptors (Lipinski definition) is 13. The predicted octanol–water partition coefficient (Wildman–Crippen LogP) is 0.343. The molecule has 0 spiro atoms. The van der Waals surface area contributed by atoms with Gasteiger partial charge in [0.1, 0.15) is 18.0 Å². The van der Waals surface area contributed by atoms with E-state index in [1.165, 1.54) is 14.2 Å². The molecule has 302 valence electrons. The Hall–Kier alpha value is -4.36. The number of esters is 2. The highest BCUT2D eigenvalue weighted by Gasteiger charge is 2.21. The molecule has 0 heterocycles. The van der Waals surface area contributed by atoms with Gasteiger partial charge in [-0.25, -0.2) is 10.9 Å². The molecule has 0 radical (unpaired) electrons. The number of carbonyl (C=O) groups excluding carboxylic acids is 7. The summed E-state index contributed by atoms with van der Waals surface area (Å²) in [5.41, 5.74) is 12.1. The fourth-order valence-corrected chi connectivity index (χ4v) is 6.26. The molecular formula is C36H50ClN7O9S2. The summed E-state index contributed by atoms with van der Waals surface area (Å²) in [7, 11) is 2.53. The van der Waals surface area contributed by atoms with Crippen LogP contribution < -0.4 is 32.3 Å². The van der Waals surface area contributed by atoms with Crippen molar-refractivity contribution in [2.24, 2.45) is 0 Å². The summed E-state index contributed by atoms with van der Waals surface area (Å²) in [5.74, 6) is -2.88. The number of thioether (sulfide) groups is 2. The van der Waals surface area contributed by atoms with Crippen molar-refractivity contribution in [3.8, 4) is 0 Å². The predicted molar refractivity (Wildman–Crippen MR) is 212 cm³/mol. The van der Waals surface area contributed by atoms with Crippen molar-refractivity contribution in [2.45, 2.75) is 37.8 Å². The summed E-state index contributed by atoms with van der Waals surface area (Å²) in [6, 6.07) is 17.0. The molecule has 6 N–H and O–H groups in total. The van der Waals surface area contributed by atoms with Crippen LogP contribution in [0.4, 0.5) is 0 Å². The van der Waals surface area contributed by atoms with Crippen LogP contribution >= 0.6 is 35.1 Å². The van der Waals surface area contributed by atoms with Gasteiger partial charge in [0.2, 0.25) is 29.5 Å². The normalized spacial score (nSPS) is 11.7. The molecule has 5 amide bonds. The maximum Gasteiger partial charge on any atom is 0.325 e. The molecule has 2 aromatic rings. The summed E-state index contributed by atoms with van der Waals surface area (Å²) in [6.07, 6.45) is 1.56. The smallest absolute Gasteiger partial charge is 0.325 e. The third kappa shape index (κ3) is 20.8. The number of hydrazine groups is 2. The molecule has 2 atom stereocenters. The van der Waals surface area contributed by atoms with Gasteiger partial charge in [-0.1, -0.05) is 60.7 Å². The van der Waals surface area contributed by atoms with Gasteiger partial charge in [-0.2, -0.15) is 0 Å². The number of amides is 5. The summed E-state index contributed by atoms with van der Waals surface area (Å²) in [6.45, 7) is 1.28. The van der Waals surface area contributed by atoms with E-state index in [-0.39, 0.29) is 46.6 Å². The van der Waals surface area contributed by atoms with Crippen molar-refractivity contribution < 1.29 is 43.0 Å². The Labute approximate surface area is 334 Å². The van der Waals surface area contributed by atoms with Crippen molar-refractivity contribution >= 4 is 76.6 Å². The number of benzene rings is 2. The number of methoxy groups -OCH3 is 2. The van der Waals surface area contributed by atoms with Gasteiger partial charge in [-0.3, -0.25) is 44.4 Å². The number of halogens is 1. The first-order chi connectivity index (χ1) is 26.6. The topological polar surface area (TPSA) is 213 Å². The lowest BCUT2D eigenvalue weighted by Crippen LogP contribution is -2.50. The van der Waals surface area contributed by atoms with Crippen LogP contribution in [0.5, 0.6) is 0 Å². The van der Waals surface area contributed by atoms with Gasteiger partial charge >= 0.3 is 11.9 Å². The molecule has 0 aliphatic carbocycles. The van der Waals surface area contributed by atoms with Gasteiger partial charge in [-0.15, -0.1) is 35.1 Å². The molecule has 0 aliphatic rings. The van der Waals surface area contributed by atoms with Crippen molar-refractivity contribution in [1.29, 1.82) is 0 Å². The first kappa shape index (κ1) is 46.8. The van der Waals surface area contributed by atoms with Gasteiger partial charge < -0.3 is 25.0 Å². The van der Waals surface area contributed by atoms with Crippen LogP contribution in [-0.2, 0) is 55.9 Å². The van der Waals surface area contributed by atoms with Gasteiger partial charge in [0.25, 0.3) is 0 Å². The highest BCUT2D eigenvalue weighted by atomic mass is 35.5. The standard InChI is InChI=1S/C36H50ClN7O9S2/c1-52-35(50)28(19-26-11-5-3-6-12-26)40-42-32(47)24-54-22-30(45)38-15-9-17-44(34(49)21-37)18-10-16-39-31(46)23-55-25-33(48)43-41-29(36(51)53-2)20-27-13-7-4-8-14-27/h3-8,11-14,28-29,40-41H,9-10,15-25H2,1-2H3,(H,38,45)(H,39,46)(H,42,47)(H,43,48)/t28-,29-/m0/s1. The zero-order valence-corrected chi connectivity index (χ0v) is 33.3. The van der Waals surface area contributed by atoms with Gasteiger partial charge in [0.15, 0.2) is 0 Å². The largest absolute Gasteiger partial charge is 0.468 e. The number of nitrogens with one attached hydrogen (secondary N) is 6. The molecule has 55 heavy (non-hydrogen) atoms. The van der Waals surface area contributed by atoms with Crippen molar-refractivity contribution in [2.75, 3.05) is 69.3 Å². The van der Waals surface area contributed by atoms with Gasteiger partial charge in [0, 0.05) is 39.0 Å². The summed E-state index contributed by atoms with van der Waals surface area (Å²) in [5, 5.41) is 5.51. The van der Waals surface area contributed by atoms with Gasteiger partial charge in [0.05, 0.1) is 37.2 Å². The van der Waals surface area contributed by atoms with Crippen LogP contribution in [0, 0.1) is 0 Å². The lowest BCUT2D eigenvalue weighted by Gasteiger charge is -2.22. The molecule has 2 aromatic carbocycles. The molecule has 2 rings (SSSR count). The van der Waals surface area contributed by atoms with E-state index in [9.17, 15) is 33.6 Å². The fourth-order valence-electron chi connectivity index (χ4n) is 4.79. The maximum atomic E-state index is 12.3. The van der Waals surface area contributed by atoms with E-state index in [1.807, 2.05) is 60.7 Å². The average molecular weight is 824 g/mol. The third-order valence-corrected chi connectivity index (χ3v) is 9.66. The monoisotopic (exact) mass is 823 g/mol. The Balaban J connectivity index is 1.57. The zero-order chi connectivity index (χ0) is 40.3. The van der Waals surface area contributed by atoms with E-state index in [0.717, 1.165) is 34.7 Å². The molecule has 0 aliphatic heterocycles. The average Bonchev–Trinajstić information content (AvgIpc) is 3.20. The quantitative estimate of drug-likeness (QED) is 0.0311. The number of rotatable bonds is 27. The first-order valence-electron chi connectivity index (χ1n) is 17.4. The third-order valence-electron chi connectivity index (χ3n) is 7.56. The Bertz CT molecular complexity index is 1410. The van der Waals surface area contributed by atoms with Crippen molar-refractivity contribution in [3.63, 3.8) is 0 Å². The van der Waals surface area contributed by atoms with E-state index in [0.29, 0.717) is 51.9 Å². The van der Waals surface area contributed by atoms with Crippen LogP contribution in [0.1, 0.15) is 24.0 Å². The number of ether oxygens (including phenoxy) is 2. The summed E-state index contributed by atoms with van der Waals surface area (Å²) in [4.78, 5) is 87.2. The Kier molecular flexibility index (Phi) is 23.9. The molecule has 0 fully saturated rings. The molecule has 19 heteroatoms. The number of carbonyl (C=O) groups is 7. The molecular weight excluding hydrogens is 774 g/mol. The molecule has 0 unspecified atom stereocenters. The molecule has 0 bridgehead atoms. The van der Waals surface area contributed by atoms with E-state index in [4.69, 9.17) is 21.1 Å². The Morgan fingerprint density at radius 3 is 1.36 bits per heavy atom. The minimum atomic E-state index is -0.782.